The Labute approximate surface area is 104 Å². The predicted molar refractivity (Wildman–Crippen MR) is 66.6 cm³/mol. The molecule has 0 atom stereocenters. The number of nitro groups is 1. The zero-order valence-electron chi connectivity index (χ0n) is 9.97. The molecule has 0 heterocycles. The van der Waals surface area contributed by atoms with Crippen molar-refractivity contribution in [2.24, 2.45) is 0 Å². The van der Waals surface area contributed by atoms with Crippen molar-refractivity contribution in [3.05, 3.63) is 40.6 Å². The Morgan fingerprint density at radius 3 is 2.78 bits per heavy atom. The van der Waals surface area contributed by atoms with Gasteiger partial charge in [0.15, 0.2) is 0 Å². The first-order valence-electron chi connectivity index (χ1n) is 5.09. The highest BCUT2D eigenvalue weighted by atomic mass is 16.6. The second kappa shape index (κ2) is 6.24. The van der Waals surface area contributed by atoms with E-state index in [-0.39, 0.29) is 11.4 Å². The topological polar surface area (TPSA) is 93.5 Å². The number of methoxy groups -OCH3 is 1. The van der Waals surface area contributed by atoms with E-state index in [1.165, 1.54) is 31.5 Å². The number of non-ortho nitro benzene ring substituents is 1. The molecule has 0 spiro atoms. The van der Waals surface area contributed by atoms with Crippen LogP contribution in [0.1, 0.15) is 6.92 Å². The number of nitro benzene ring substituents is 1. The SMILES string of the molecule is C/C=C/NC(=O)Nc1ccc([N+](=O)[O-])cc1OC. The number of benzene rings is 1. The molecule has 0 aromatic heterocycles. The van der Waals surface area contributed by atoms with Crippen molar-refractivity contribution in [1.29, 1.82) is 0 Å². The number of allylic oxidation sites excluding steroid dienone is 1. The molecule has 2 N–H and O–H groups in total. The fourth-order valence-electron chi connectivity index (χ4n) is 1.21. The zero-order chi connectivity index (χ0) is 13.5. The number of carbonyl (C=O) groups is 1. The lowest BCUT2D eigenvalue weighted by molar-refractivity contribution is -0.384. The Kier molecular flexibility index (Phi) is 4.67. The summed E-state index contributed by atoms with van der Waals surface area (Å²) in [6.07, 6.45) is 3.12. The van der Waals surface area contributed by atoms with Crippen molar-refractivity contribution in [3.63, 3.8) is 0 Å². The van der Waals surface area contributed by atoms with Gasteiger partial charge >= 0.3 is 6.03 Å². The van der Waals surface area contributed by atoms with Crippen LogP contribution in [0.25, 0.3) is 0 Å². The van der Waals surface area contributed by atoms with E-state index in [9.17, 15) is 14.9 Å². The molecule has 18 heavy (non-hydrogen) atoms. The second-order valence-corrected chi connectivity index (χ2v) is 3.24. The lowest BCUT2D eigenvalue weighted by Gasteiger charge is -2.09. The lowest BCUT2D eigenvalue weighted by Crippen LogP contribution is -2.23. The van der Waals surface area contributed by atoms with Gasteiger partial charge in [0.1, 0.15) is 5.75 Å². The Morgan fingerprint density at radius 1 is 1.50 bits per heavy atom. The summed E-state index contributed by atoms with van der Waals surface area (Å²) in [5.74, 6) is 0.222. The number of hydrogen-bond acceptors (Lipinski definition) is 4. The van der Waals surface area contributed by atoms with Crippen molar-refractivity contribution in [3.8, 4) is 5.75 Å². The van der Waals surface area contributed by atoms with Crippen LogP contribution in [-0.4, -0.2) is 18.1 Å². The van der Waals surface area contributed by atoms with Crippen molar-refractivity contribution >= 4 is 17.4 Å². The maximum atomic E-state index is 11.4. The van der Waals surface area contributed by atoms with Gasteiger partial charge < -0.3 is 15.4 Å². The smallest absolute Gasteiger partial charge is 0.323 e. The van der Waals surface area contributed by atoms with Gasteiger partial charge in [-0.05, 0) is 13.0 Å². The summed E-state index contributed by atoms with van der Waals surface area (Å²) in [5, 5.41) is 15.5. The van der Waals surface area contributed by atoms with Crippen LogP contribution in [0.3, 0.4) is 0 Å². The standard InChI is InChI=1S/C11H13N3O4/c1-3-6-12-11(15)13-9-5-4-8(14(16)17)7-10(9)18-2/h3-7H,1-2H3,(H2,12,13,15)/b6-3+. The van der Waals surface area contributed by atoms with Gasteiger partial charge in [0.05, 0.1) is 23.8 Å². The van der Waals surface area contributed by atoms with Crippen LogP contribution < -0.4 is 15.4 Å². The third-order valence-corrected chi connectivity index (χ3v) is 2.03. The largest absolute Gasteiger partial charge is 0.494 e. The van der Waals surface area contributed by atoms with Crippen LogP contribution >= 0.6 is 0 Å². The Balaban J connectivity index is 2.89. The number of nitrogens with zero attached hydrogens (tertiary/aromatic N) is 1. The minimum atomic E-state index is -0.536. The molecule has 0 bridgehead atoms. The monoisotopic (exact) mass is 251 g/mol. The molecule has 7 nitrogen and oxygen atoms in total. The first-order chi connectivity index (χ1) is 8.58. The van der Waals surface area contributed by atoms with Gasteiger partial charge in [0, 0.05) is 12.3 Å². The quantitative estimate of drug-likeness (QED) is 0.634. The number of rotatable bonds is 4. The highest BCUT2D eigenvalue weighted by Gasteiger charge is 2.12. The third-order valence-electron chi connectivity index (χ3n) is 2.03. The van der Waals surface area contributed by atoms with E-state index in [2.05, 4.69) is 10.6 Å². The number of carbonyl (C=O) groups excluding carboxylic acids is 1. The molecular weight excluding hydrogens is 238 g/mol. The number of nitrogens with one attached hydrogen (secondary N) is 2. The maximum Gasteiger partial charge on any atom is 0.323 e. The number of hydrogen-bond donors (Lipinski definition) is 2. The predicted octanol–water partition coefficient (Wildman–Crippen LogP) is 2.26. The lowest BCUT2D eigenvalue weighted by atomic mass is 10.2. The molecule has 2 amide bonds. The molecular formula is C11H13N3O4. The fraction of sp³-hybridized carbons (Fsp3) is 0.182. The highest BCUT2D eigenvalue weighted by Crippen LogP contribution is 2.28. The molecule has 0 saturated heterocycles. The van der Waals surface area contributed by atoms with Gasteiger partial charge in [-0.15, -0.1) is 0 Å². The molecule has 0 aliphatic heterocycles. The molecule has 1 aromatic carbocycles. The summed E-state index contributed by atoms with van der Waals surface area (Å²) in [6, 6.07) is 3.48. The number of urea groups is 1. The molecule has 96 valence electrons. The van der Waals surface area contributed by atoms with Crippen LogP contribution in [-0.2, 0) is 0 Å². The summed E-state index contributed by atoms with van der Waals surface area (Å²) < 4.78 is 4.98. The van der Waals surface area contributed by atoms with Crippen molar-refractivity contribution in [2.75, 3.05) is 12.4 Å². The third kappa shape index (κ3) is 3.48. The molecule has 0 fully saturated rings. The maximum absolute atomic E-state index is 11.4. The summed E-state index contributed by atoms with van der Waals surface area (Å²) in [6.45, 7) is 1.76. The summed E-state index contributed by atoms with van der Waals surface area (Å²) in [4.78, 5) is 21.4. The van der Waals surface area contributed by atoms with E-state index in [0.717, 1.165) is 0 Å². The van der Waals surface area contributed by atoms with Crippen LogP contribution in [0.4, 0.5) is 16.2 Å². The molecule has 1 aromatic rings. The van der Waals surface area contributed by atoms with Gasteiger partial charge in [-0.1, -0.05) is 6.08 Å². The van der Waals surface area contributed by atoms with E-state index in [1.54, 1.807) is 13.0 Å². The first-order valence-corrected chi connectivity index (χ1v) is 5.09. The minimum Gasteiger partial charge on any atom is -0.494 e. The van der Waals surface area contributed by atoms with E-state index >= 15 is 0 Å². The minimum absolute atomic E-state index is 0.105. The van der Waals surface area contributed by atoms with E-state index in [4.69, 9.17) is 4.74 Å². The normalized spacial score (nSPS) is 10.1. The fourth-order valence-corrected chi connectivity index (χ4v) is 1.21. The molecule has 0 radical (unpaired) electrons. The molecule has 0 unspecified atom stereocenters. The van der Waals surface area contributed by atoms with E-state index in [0.29, 0.717) is 5.69 Å². The number of anilines is 1. The van der Waals surface area contributed by atoms with Crippen LogP contribution in [0, 0.1) is 10.1 Å². The molecule has 1 rings (SSSR count). The van der Waals surface area contributed by atoms with Crippen LogP contribution in [0.5, 0.6) is 5.75 Å². The molecule has 0 aliphatic rings. The second-order valence-electron chi connectivity index (χ2n) is 3.24. The van der Waals surface area contributed by atoms with Gasteiger partial charge in [0.25, 0.3) is 5.69 Å². The molecule has 0 aliphatic carbocycles. The summed E-state index contributed by atoms with van der Waals surface area (Å²) in [7, 11) is 1.37. The van der Waals surface area contributed by atoms with Gasteiger partial charge in [-0.2, -0.15) is 0 Å². The van der Waals surface area contributed by atoms with E-state index in [1.807, 2.05) is 0 Å². The zero-order valence-corrected chi connectivity index (χ0v) is 9.97. The van der Waals surface area contributed by atoms with E-state index < -0.39 is 11.0 Å². The summed E-state index contributed by atoms with van der Waals surface area (Å²) >= 11 is 0. The highest BCUT2D eigenvalue weighted by molar-refractivity contribution is 5.91. The molecule has 0 saturated carbocycles. The van der Waals surface area contributed by atoms with Crippen molar-refractivity contribution in [1.82, 2.24) is 5.32 Å². The van der Waals surface area contributed by atoms with Crippen molar-refractivity contribution in [2.45, 2.75) is 6.92 Å². The van der Waals surface area contributed by atoms with Crippen molar-refractivity contribution < 1.29 is 14.5 Å². The van der Waals surface area contributed by atoms with Crippen LogP contribution in [0.15, 0.2) is 30.5 Å². The average Bonchev–Trinajstić information content (AvgIpc) is 2.36. The van der Waals surface area contributed by atoms with Gasteiger partial charge in [-0.3, -0.25) is 10.1 Å². The van der Waals surface area contributed by atoms with Gasteiger partial charge in [0.2, 0.25) is 0 Å². The average molecular weight is 251 g/mol. The number of ether oxygens (including phenoxy) is 1. The molecule has 7 heteroatoms. The summed E-state index contributed by atoms with van der Waals surface area (Å²) in [5.41, 5.74) is 0.247. The van der Waals surface area contributed by atoms with Gasteiger partial charge in [-0.25, -0.2) is 4.79 Å². The van der Waals surface area contributed by atoms with Crippen LogP contribution in [0.2, 0.25) is 0 Å². The Hall–Kier alpha value is -2.57. The first kappa shape index (κ1) is 13.5. The number of amides is 2. The Bertz CT molecular complexity index is 485. The Morgan fingerprint density at radius 2 is 2.22 bits per heavy atom.